The van der Waals surface area contributed by atoms with Crippen LogP contribution in [0.4, 0.5) is 0 Å². The van der Waals surface area contributed by atoms with Gasteiger partial charge >= 0.3 is 0 Å². The van der Waals surface area contributed by atoms with Gasteiger partial charge in [0.05, 0.1) is 6.04 Å². The van der Waals surface area contributed by atoms with E-state index in [1.807, 2.05) is 6.92 Å². The molecule has 0 aliphatic rings. The van der Waals surface area contributed by atoms with Crippen molar-refractivity contribution in [3.63, 3.8) is 0 Å². The summed E-state index contributed by atoms with van der Waals surface area (Å²) in [5.74, 6) is -0.667. The average Bonchev–Trinajstić information content (AvgIpc) is 2.07. The van der Waals surface area contributed by atoms with E-state index in [0.29, 0.717) is 6.54 Å². The van der Waals surface area contributed by atoms with Crippen molar-refractivity contribution < 1.29 is 9.47 Å². The fraction of sp³-hybridized carbons (Fsp3) is 1.00. The van der Waals surface area contributed by atoms with Crippen LogP contribution < -0.4 is 11.5 Å². The van der Waals surface area contributed by atoms with E-state index in [4.69, 9.17) is 20.9 Å². The van der Waals surface area contributed by atoms with Gasteiger partial charge in [-0.15, -0.1) is 0 Å². The second-order valence-electron chi connectivity index (χ2n) is 2.90. The van der Waals surface area contributed by atoms with Crippen LogP contribution >= 0.6 is 0 Å². The summed E-state index contributed by atoms with van der Waals surface area (Å²) in [5, 5.41) is 0. The molecule has 4 nitrogen and oxygen atoms in total. The third-order valence-electron chi connectivity index (χ3n) is 2.11. The molecule has 4 heteroatoms. The maximum absolute atomic E-state index is 5.74. The lowest BCUT2D eigenvalue weighted by Gasteiger charge is -2.34. The molecular weight excluding hydrogens is 156 g/mol. The van der Waals surface area contributed by atoms with E-state index in [2.05, 4.69) is 0 Å². The Morgan fingerprint density at radius 2 is 1.83 bits per heavy atom. The van der Waals surface area contributed by atoms with E-state index >= 15 is 0 Å². The maximum Gasteiger partial charge on any atom is 0.182 e. The van der Waals surface area contributed by atoms with Gasteiger partial charge in [-0.1, -0.05) is 0 Å². The van der Waals surface area contributed by atoms with Gasteiger partial charge in [0.15, 0.2) is 5.79 Å². The number of ether oxygens (including phenoxy) is 2. The molecule has 0 rings (SSSR count). The fourth-order valence-corrected chi connectivity index (χ4v) is 1.24. The minimum absolute atomic E-state index is 0.154. The van der Waals surface area contributed by atoms with Crippen molar-refractivity contribution in [3.8, 4) is 0 Å². The summed E-state index contributed by atoms with van der Waals surface area (Å²) in [6, 6.07) is -0.154. The summed E-state index contributed by atoms with van der Waals surface area (Å²) >= 11 is 0. The van der Waals surface area contributed by atoms with Gasteiger partial charge in [-0.2, -0.15) is 0 Å². The Balaban J connectivity index is 4.15. The molecule has 1 unspecified atom stereocenters. The van der Waals surface area contributed by atoms with Crippen LogP contribution in [0, 0.1) is 0 Å². The van der Waals surface area contributed by atoms with E-state index < -0.39 is 5.79 Å². The number of nitrogens with two attached hydrogens (primary N) is 2. The van der Waals surface area contributed by atoms with Crippen LogP contribution in [-0.2, 0) is 9.47 Å². The van der Waals surface area contributed by atoms with Crippen LogP contribution in [0.5, 0.6) is 0 Å². The number of rotatable bonds is 6. The summed E-state index contributed by atoms with van der Waals surface area (Å²) in [7, 11) is 3.20. The van der Waals surface area contributed by atoms with E-state index in [0.717, 1.165) is 12.8 Å². The second-order valence-corrected chi connectivity index (χ2v) is 2.90. The quantitative estimate of drug-likeness (QED) is 0.561. The van der Waals surface area contributed by atoms with Crippen LogP contribution in [0.1, 0.15) is 19.8 Å². The average molecular weight is 176 g/mol. The Morgan fingerprint density at radius 3 is 2.08 bits per heavy atom. The Kier molecular flexibility index (Phi) is 5.41. The Morgan fingerprint density at radius 1 is 1.33 bits per heavy atom. The topological polar surface area (TPSA) is 70.5 Å². The molecule has 0 saturated carbocycles. The standard InChI is InChI=1S/C8H20N2O2/c1-7(10)8(11-2,12-3)5-4-6-9/h7H,4-6,9-10H2,1-3H3. The summed E-state index contributed by atoms with van der Waals surface area (Å²) in [6.45, 7) is 2.49. The minimum atomic E-state index is -0.667. The van der Waals surface area contributed by atoms with Crippen molar-refractivity contribution in [2.45, 2.75) is 31.6 Å². The smallest absolute Gasteiger partial charge is 0.182 e. The Labute approximate surface area is 74.2 Å². The summed E-state index contributed by atoms with van der Waals surface area (Å²) in [4.78, 5) is 0. The molecule has 0 aliphatic heterocycles. The van der Waals surface area contributed by atoms with Crippen LogP contribution in [0.25, 0.3) is 0 Å². The molecule has 4 N–H and O–H groups in total. The molecule has 0 aromatic rings. The van der Waals surface area contributed by atoms with Crippen molar-refractivity contribution in [2.24, 2.45) is 11.5 Å². The number of hydrogen-bond acceptors (Lipinski definition) is 4. The zero-order valence-electron chi connectivity index (χ0n) is 8.17. The van der Waals surface area contributed by atoms with Gasteiger partial charge in [0.2, 0.25) is 0 Å². The summed E-state index contributed by atoms with van der Waals surface area (Å²) < 4.78 is 10.5. The van der Waals surface area contributed by atoms with Gasteiger partial charge in [-0.25, -0.2) is 0 Å². The van der Waals surface area contributed by atoms with Gasteiger partial charge in [0.25, 0.3) is 0 Å². The lowest BCUT2D eigenvalue weighted by molar-refractivity contribution is -0.221. The zero-order chi connectivity index (χ0) is 9.61. The molecule has 0 fully saturated rings. The molecule has 74 valence electrons. The van der Waals surface area contributed by atoms with Crippen LogP contribution in [0.3, 0.4) is 0 Å². The normalized spacial score (nSPS) is 14.8. The molecule has 0 aliphatic carbocycles. The highest BCUT2D eigenvalue weighted by Gasteiger charge is 2.33. The molecular formula is C8H20N2O2. The second kappa shape index (κ2) is 5.48. The third kappa shape index (κ3) is 2.71. The van der Waals surface area contributed by atoms with Gasteiger partial charge in [-0.05, 0) is 19.9 Å². The maximum atomic E-state index is 5.74. The van der Waals surface area contributed by atoms with Gasteiger partial charge < -0.3 is 20.9 Å². The first-order chi connectivity index (χ1) is 5.63. The van der Waals surface area contributed by atoms with Crippen LogP contribution in [0.15, 0.2) is 0 Å². The molecule has 0 heterocycles. The van der Waals surface area contributed by atoms with Crippen molar-refractivity contribution in [2.75, 3.05) is 20.8 Å². The van der Waals surface area contributed by atoms with E-state index in [-0.39, 0.29) is 6.04 Å². The molecule has 0 aromatic heterocycles. The molecule has 0 spiro atoms. The molecule has 0 bridgehead atoms. The van der Waals surface area contributed by atoms with E-state index in [1.54, 1.807) is 14.2 Å². The van der Waals surface area contributed by atoms with E-state index in [9.17, 15) is 0 Å². The largest absolute Gasteiger partial charge is 0.352 e. The van der Waals surface area contributed by atoms with Crippen LogP contribution in [0.2, 0.25) is 0 Å². The monoisotopic (exact) mass is 176 g/mol. The molecule has 12 heavy (non-hydrogen) atoms. The number of methoxy groups -OCH3 is 2. The highest BCUT2D eigenvalue weighted by atomic mass is 16.7. The fourth-order valence-electron chi connectivity index (χ4n) is 1.24. The molecule has 0 amide bonds. The molecule has 0 aromatic carbocycles. The van der Waals surface area contributed by atoms with Crippen molar-refractivity contribution in [1.29, 1.82) is 0 Å². The van der Waals surface area contributed by atoms with Crippen molar-refractivity contribution in [1.82, 2.24) is 0 Å². The minimum Gasteiger partial charge on any atom is -0.352 e. The Hall–Kier alpha value is -0.160. The van der Waals surface area contributed by atoms with Gasteiger partial charge in [-0.3, -0.25) is 0 Å². The van der Waals surface area contributed by atoms with Gasteiger partial charge in [0, 0.05) is 20.6 Å². The zero-order valence-corrected chi connectivity index (χ0v) is 8.17. The van der Waals surface area contributed by atoms with Crippen molar-refractivity contribution >= 4 is 0 Å². The molecule has 0 radical (unpaired) electrons. The number of hydrogen-bond donors (Lipinski definition) is 2. The highest BCUT2D eigenvalue weighted by molar-refractivity contribution is 4.78. The predicted octanol–water partition coefficient (Wildman–Crippen LogP) is 0.0616. The highest BCUT2D eigenvalue weighted by Crippen LogP contribution is 2.21. The van der Waals surface area contributed by atoms with Crippen LogP contribution in [-0.4, -0.2) is 32.6 Å². The first-order valence-electron chi connectivity index (χ1n) is 4.19. The molecule has 0 saturated heterocycles. The predicted molar refractivity (Wildman–Crippen MR) is 48.7 cm³/mol. The van der Waals surface area contributed by atoms with E-state index in [1.165, 1.54) is 0 Å². The lowest BCUT2D eigenvalue weighted by atomic mass is 10.0. The first kappa shape index (κ1) is 11.8. The Bertz CT molecular complexity index is 114. The SMILES string of the molecule is COC(CCCN)(OC)C(C)N. The first-order valence-corrected chi connectivity index (χ1v) is 4.19. The summed E-state index contributed by atoms with van der Waals surface area (Å²) in [6.07, 6.45) is 1.58. The third-order valence-corrected chi connectivity index (χ3v) is 2.11. The van der Waals surface area contributed by atoms with Gasteiger partial charge in [0.1, 0.15) is 0 Å². The summed E-state index contributed by atoms with van der Waals surface area (Å²) in [5.41, 5.74) is 11.1. The molecule has 1 atom stereocenters. The lowest BCUT2D eigenvalue weighted by Crippen LogP contribution is -2.49. The van der Waals surface area contributed by atoms with Crippen molar-refractivity contribution in [3.05, 3.63) is 0 Å².